The zero-order valence-corrected chi connectivity index (χ0v) is 11.7. The van der Waals surface area contributed by atoms with Crippen molar-refractivity contribution in [1.82, 2.24) is 0 Å². The van der Waals surface area contributed by atoms with Gasteiger partial charge in [0.15, 0.2) is 0 Å². The lowest BCUT2D eigenvalue weighted by Crippen LogP contribution is -2.31. The van der Waals surface area contributed by atoms with E-state index in [9.17, 15) is 0 Å². The van der Waals surface area contributed by atoms with Gasteiger partial charge in [-0.3, -0.25) is 0 Å². The van der Waals surface area contributed by atoms with Gasteiger partial charge in [-0.1, -0.05) is 39.0 Å². The third-order valence-electron chi connectivity index (χ3n) is 5.34. The Morgan fingerprint density at radius 1 is 0.824 bits per heavy atom. The zero-order valence-electron chi connectivity index (χ0n) is 11.7. The van der Waals surface area contributed by atoms with Crippen molar-refractivity contribution in [3.05, 3.63) is 0 Å². The molecule has 0 aromatic heterocycles. The third kappa shape index (κ3) is 3.98. The molecule has 0 amide bonds. The first-order chi connectivity index (χ1) is 8.29. The predicted molar refractivity (Wildman–Crippen MR) is 74.9 cm³/mol. The topological polar surface area (TPSA) is 26.0 Å². The smallest absolute Gasteiger partial charge is 0.00390 e. The minimum Gasteiger partial charge on any atom is -0.328 e. The maximum absolute atomic E-state index is 6.00. The Morgan fingerprint density at radius 2 is 1.35 bits per heavy atom. The summed E-state index contributed by atoms with van der Waals surface area (Å²) in [6.45, 7) is 2.32. The molecule has 0 spiro atoms. The first-order valence-electron chi connectivity index (χ1n) is 8.05. The highest BCUT2D eigenvalue weighted by Gasteiger charge is 2.29. The van der Waals surface area contributed by atoms with Crippen LogP contribution in [0.15, 0.2) is 0 Å². The van der Waals surface area contributed by atoms with Crippen LogP contribution in [0.4, 0.5) is 0 Å². The highest BCUT2D eigenvalue weighted by atomic mass is 14.6. The largest absolute Gasteiger partial charge is 0.328 e. The van der Waals surface area contributed by atoms with Crippen LogP contribution in [0.2, 0.25) is 0 Å². The van der Waals surface area contributed by atoms with Gasteiger partial charge in [-0.15, -0.1) is 0 Å². The molecule has 0 aliphatic heterocycles. The first-order valence-corrected chi connectivity index (χ1v) is 8.05. The summed E-state index contributed by atoms with van der Waals surface area (Å²) in [7, 11) is 0. The molecule has 2 saturated carbocycles. The Kier molecular flexibility index (Phi) is 5.34. The molecular formula is C16H31N. The van der Waals surface area contributed by atoms with Crippen molar-refractivity contribution < 1.29 is 0 Å². The second-order valence-electron chi connectivity index (χ2n) is 6.60. The first kappa shape index (κ1) is 13.4. The van der Waals surface area contributed by atoms with Crippen molar-refractivity contribution in [2.24, 2.45) is 23.5 Å². The normalized spacial score (nSPS) is 39.2. The standard InChI is InChI=1S/C16H31N/c1-2-3-4-13-5-7-14(8-6-13)15-9-11-16(17)12-10-15/h13-16H,2-12,17H2,1H3/t13?,14?,15-,16-. The number of rotatable bonds is 4. The second kappa shape index (κ2) is 6.78. The van der Waals surface area contributed by atoms with Crippen molar-refractivity contribution in [2.75, 3.05) is 0 Å². The molecule has 2 N–H and O–H groups in total. The molecule has 0 atom stereocenters. The van der Waals surface area contributed by atoms with Crippen LogP contribution in [0.1, 0.15) is 77.6 Å². The minimum absolute atomic E-state index is 0.521. The monoisotopic (exact) mass is 237 g/mol. The lowest BCUT2D eigenvalue weighted by Gasteiger charge is -2.37. The molecule has 17 heavy (non-hydrogen) atoms. The Morgan fingerprint density at radius 3 is 1.88 bits per heavy atom. The molecule has 1 heteroatoms. The van der Waals surface area contributed by atoms with E-state index < -0.39 is 0 Å². The third-order valence-corrected chi connectivity index (χ3v) is 5.34. The van der Waals surface area contributed by atoms with Gasteiger partial charge in [0.25, 0.3) is 0 Å². The van der Waals surface area contributed by atoms with Gasteiger partial charge in [0.1, 0.15) is 0 Å². The van der Waals surface area contributed by atoms with Gasteiger partial charge < -0.3 is 5.73 Å². The fourth-order valence-corrected chi connectivity index (χ4v) is 4.06. The molecule has 0 unspecified atom stereocenters. The molecule has 0 aromatic carbocycles. The van der Waals surface area contributed by atoms with Gasteiger partial charge in [0.2, 0.25) is 0 Å². The SMILES string of the molecule is CCCCC1CCC([C@H]2CC[C@H](N)CC2)CC1. The lowest BCUT2D eigenvalue weighted by atomic mass is 9.70. The van der Waals surface area contributed by atoms with Gasteiger partial charge in [-0.05, 0) is 56.3 Å². The van der Waals surface area contributed by atoms with Gasteiger partial charge in [0, 0.05) is 6.04 Å². The summed E-state index contributed by atoms with van der Waals surface area (Å²) in [5, 5.41) is 0. The maximum Gasteiger partial charge on any atom is 0.00390 e. The highest BCUT2D eigenvalue weighted by molar-refractivity contribution is 4.82. The van der Waals surface area contributed by atoms with Crippen LogP contribution in [0.25, 0.3) is 0 Å². The highest BCUT2D eigenvalue weighted by Crippen LogP contribution is 2.40. The van der Waals surface area contributed by atoms with Crippen molar-refractivity contribution >= 4 is 0 Å². The van der Waals surface area contributed by atoms with Crippen LogP contribution < -0.4 is 5.73 Å². The molecule has 2 aliphatic carbocycles. The Hall–Kier alpha value is -0.0400. The van der Waals surface area contributed by atoms with Gasteiger partial charge in [0.05, 0.1) is 0 Å². The summed E-state index contributed by atoms with van der Waals surface area (Å²) < 4.78 is 0. The van der Waals surface area contributed by atoms with Crippen LogP contribution in [-0.2, 0) is 0 Å². The van der Waals surface area contributed by atoms with Gasteiger partial charge in [-0.2, -0.15) is 0 Å². The molecule has 0 heterocycles. The van der Waals surface area contributed by atoms with Crippen LogP contribution in [0.3, 0.4) is 0 Å². The molecule has 2 rings (SSSR count). The summed E-state index contributed by atoms with van der Waals surface area (Å²) in [5.41, 5.74) is 6.00. The van der Waals surface area contributed by atoms with Crippen molar-refractivity contribution in [3.8, 4) is 0 Å². The molecule has 2 aliphatic rings. The fourth-order valence-electron chi connectivity index (χ4n) is 4.06. The molecular weight excluding hydrogens is 206 g/mol. The van der Waals surface area contributed by atoms with E-state index in [0.29, 0.717) is 6.04 Å². The molecule has 2 fully saturated rings. The Balaban J connectivity index is 1.68. The summed E-state index contributed by atoms with van der Waals surface area (Å²) in [5.74, 6) is 3.15. The molecule has 100 valence electrons. The van der Waals surface area contributed by atoms with Crippen LogP contribution in [0.5, 0.6) is 0 Å². The van der Waals surface area contributed by atoms with E-state index in [2.05, 4.69) is 6.92 Å². The minimum atomic E-state index is 0.521. The number of hydrogen-bond donors (Lipinski definition) is 1. The van der Waals surface area contributed by atoms with Crippen LogP contribution >= 0.6 is 0 Å². The number of hydrogen-bond acceptors (Lipinski definition) is 1. The molecule has 0 saturated heterocycles. The van der Waals surface area contributed by atoms with Crippen LogP contribution in [-0.4, -0.2) is 6.04 Å². The quantitative estimate of drug-likeness (QED) is 0.765. The second-order valence-corrected chi connectivity index (χ2v) is 6.60. The van der Waals surface area contributed by atoms with E-state index in [-0.39, 0.29) is 0 Å². The number of unbranched alkanes of at least 4 members (excludes halogenated alkanes) is 1. The van der Waals surface area contributed by atoms with E-state index in [4.69, 9.17) is 5.73 Å². The average molecular weight is 237 g/mol. The maximum atomic E-state index is 6.00. The summed E-state index contributed by atoms with van der Waals surface area (Å²) in [6, 6.07) is 0.521. The van der Waals surface area contributed by atoms with Crippen molar-refractivity contribution in [3.63, 3.8) is 0 Å². The van der Waals surface area contributed by atoms with E-state index >= 15 is 0 Å². The molecule has 1 nitrogen and oxygen atoms in total. The zero-order chi connectivity index (χ0) is 12.1. The Labute approximate surface area is 108 Å². The molecule has 0 aromatic rings. The summed E-state index contributed by atoms with van der Waals surface area (Å²) >= 11 is 0. The van der Waals surface area contributed by atoms with E-state index in [1.54, 1.807) is 0 Å². The van der Waals surface area contributed by atoms with E-state index in [1.807, 2.05) is 0 Å². The molecule has 0 bridgehead atoms. The average Bonchev–Trinajstić information content (AvgIpc) is 2.38. The van der Waals surface area contributed by atoms with E-state index in [1.165, 1.54) is 70.6 Å². The number of nitrogens with two attached hydrogens (primary N) is 1. The molecule has 0 radical (unpaired) electrons. The summed E-state index contributed by atoms with van der Waals surface area (Å²) in [4.78, 5) is 0. The predicted octanol–water partition coefficient (Wildman–Crippen LogP) is 4.50. The van der Waals surface area contributed by atoms with E-state index in [0.717, 1.165) is 17.8 Å². The van der Waals surface area contributed by atoms with Crippen LogP contribution in [0, 0.1) is 17.8 Å². The van der Waals surface area contributed by atoms with Gasteiger partial charge >= 0.3 is 0 Å². The lowest BCUT2D eigenvalue weighted by molar-refractivity contribution is 0.156. The Bertz CT molecular complexity index is 198. The fraction of sp³-hybridized carbons (Fsp3) is 1.00. The van der Waals surface area contributed by atoms with Gasteiger partial charge in [-0.25, -0.2) is 0 Å². The van der Waals surface area contributed by atoms with Crippen molar-refractivity contribution in [1.29, 1.82) is 0 Å². The summed E-state index contributed by atoms with van der Waals surface area (Å²) in [6.07, 6.45) is 15.8. The van der Waals surface area contributed by atoms with Crippen molar-refractivity contribution in [2.45, 2.75) is 83.6 Å².